The molecule has 0 saturated carbocycles. The third-order valence-electron chi connectivity index (χ3n) is 7.34. The maximum Gasteiger partial charge on any atom is 0.259 e. The number of benzene rings is 4. The van der Waals surface area contributed by atoms with Crippen LogP contribution in [0.5, 0.6) is 0 Å². The Balaban J connectivity index is 1.38. The van der Waals surface area contributed by atoms with Crippen molar-refractivity contribution in [1.29, 1.82) is 0 Å². The highest BCUT2D eigenvalue weighted by atomic mass is 79.9. The van der Waals surface area contributed by atoms with Crippen LogP contribution in [-0.2, 0) is 19.5 Å². The first-order chi connectivity index (χ1) is 18.1. The molecule has 4 aromatic carbocycles. The van der Waals surface area contributed by atoms with E-state index in [2.05, 4.69) is 81.5 Å². The highest BCUT2D eigenvalue weighted by Gasteiger charge is 2.27. The fourth-order valence-electron chi connectivity index (χ4n) is 5.51. The van der Waals surface area contributed by atoms with Gasteiger partial charge in [-0.25, -0.2) is 4.98 Å². The van der Waals surface area contributed by atoms with Gasteiger partial charge in [0.2, 0.25) is 0 Å². The third kappa shape index (κ3) is 4.54. The molecule has 1 aliphatic rings. The molecule has 0 fully saturated rings. The van der Waals surface area contributed by atoms with Gasteiger partial charge >= 0.3 is 0 Å². The Hall–Kier alpha value is -3.54. The van der Waals surface area contributed by atoms with Gasteiger partial charge in [-0.1, -0.05) is 97.1 Å². The number of rotatable bonds is 5. The van der Waals surface area contributed by atoms with Gasteiger partial charge in [0.15, 0.2) is 0 Å². The largest absolute Gasteiger partial charge is 0.294 e. The van der Waals surface area contributed by atoms with Crippen molar-refractivity contribution in [2.45, 2.75) is 32.5 Å². The van der Waals surface area contributed by atoms with E-state index in [-0.39, 0.29) is 11.6 Å². The number of hydrogen-bond acceptors (Lipinski definition) is 3. The summed E-state index contributed by atoms with van der Waals surface area (Å²) >= 11 is 3.84. The van der Waals surface area contributed by atoms with Gasteiger partial charge < -0.3 is 0 Å². The molecule has 0 amide bonds. The predicted molar refractivity (Wildman–Crippen MR) is 153 cm³/mol. The Morgan fingerprint density at radius 2 is 1.51 bits per heavy atom. The summed E-state index contributed by atoms with van der Waals surface area (Å²) in [6, 6.07) is 33.0. The molecule has 5 heteroatoms. The quantitative estimate of drug-likeness (QED) is 0.246. The Bertz CT molecular complexity index is 1590. The van der Waals surface area contributed by atoms with Crippen LogP contribution < -0.4 is 5.56 Å². The van der Waals surface area contributed by atoms with Crippen LogP contribution in [0.3, 0.4) is 0 Å². The van der Waals surface area contributed by atoms with Crippen molar-refractivity contribution >= 4 is 26.7 Å². The Kier molecular flexibility index (Phi) is 6.49. The normalized spacial score (nSPS) is 13.7. The summed E-state index contributed by atoms with van der Waals surface area (Å²) in [5.41, 5.74) is 5.19. The van der Waals surface area contributed by atoms with E-state index in [4.69, 9.17) is 4.98 Å². The van der Waals surface area contributed by atoms with E-state index in [0.717, 1.165) is 52.2 Å². The van der Waals surface area contributed by atoms with Crippen LogP contribution >= 0.6 is 15.9 Å². The second-order valence-corrected chi connectivity index (χ2v) is 10.5. The summed E-state index contributed by atoms with van der Waals surface area (Å²) in [5, 5.41) is 2.43. The molecule has 0 atom stereocenters. The van der Waals surface area contributed by atoms with Crippen molar-refractivity contribution in [2.75, 3.05) is 6.54 Å². The molecule has 1 aliphatic heterocycles. The molecule has 6 rings (SSSR count). The lowest BCUT2D eigenvalue weighted by Gasteiger charge is -2.30. The summed E-state index contributed by atoms with van der Waals surface area (Å²) < 4.78 is 3.02. The number of nitrogens with zero attached hydrogens (tertiary/aromatic N) is 3. The standard InChI is InChI=1S/C32H28BrN3O/c1-22-34-29-18-19-35(20-26-17-16-23-10-8-9-15-27(23)30(26)33)21-28(29)32(37)36(22)31(24-11-4-2-5-12-24)25-13-6-3-7-14-25/h2-17,31H,18-21H2,1H3. The SMILES string of the molecule is Cc1nc2c(c(=O)n1C(c1ccccc1)c1ccccc1)CN(Cc1ccc3ccccc3c1Br)CC2. The maximum atomic E-state index is 14.1. The molecule has 0 unspecified atom stereocenters. The van der Waals surface area contributed by atoms with E-state index in [9.17, 15) is 4.79 Å². The van der Waals surface area contributed by atoms with Crippen LogP contribution in [0.25, 0.3) is 10.8 Å². The smallest absolute Gasteiger partial charge is 0.259 e. The van der Waals surface area contributed by atoms with Gasteiger partial charge in [0.25, 0.3) is 5.56 Å². The lowest BCUT2D eigenvalue weighted by Crippen LogP contribution is -2.40. The zero-order valence-corrected chi connectivity index (χ0v) is 22.4. The summed E-state index contributed by atoms with van der Waals surface area (Å²) in [7, 11) is 0. The van der Waals surface area contributed by atoms with Gasteiger partial charge in [-0.2, -0.15) is 0 Å². The molecule has 37 heavy (non-hydrogen) atoms. The van der Waals surface area contributed by atoms with Crippen LogP contribution in [0.2, 0.25) is 0 Å². The molecule has 0 radical (unpaired) electrons. The molecule has 0 aliphatic carbocycles. The van der Waals surface area contributed by atoms with E-state index >= 15 is 0 Å². The van der Waals surface area contributed by atoms with Crippen molar-refractivity contribution in [3.8, 4) is 0 Å². The monoisotopic (exact) mass is 549 g/mol. The van der Waals surface area contributed by atoms with Crippen LogP contribution in [0.15, 0.2) is 106 Å². The highest BCUT2D eigenvalue weighted by Crippen LogP contribution is 2.31. The van der Waals surface area contributed by atoms with Crippen LogP contribution in [0.4, 0.5) is 0 Å². The molecule has 0 N–H and O–H groups in total. The third-order valence-corrected chi connectivity index (χ3v) is 8.28. The molecule has 184 valence electrons. The number of fused-ring (bicyclic) bond motifs is 2. The average molecular weight is 551 g/mol. The molecular formula is C32H28BrN3O. The second-order valence-electron chi connectivity index (χ2n) is 9.70. The Morgan fingerprint density at radius 3 is 2.22 bits per heavy atom. The molecule has 0 saturated heterocycles. The first kappa shape index (κ1) is 23.8. The molecule has 1 aromatic heterocycles. The Morgan fingerprint density at radius 1 is 0.865 bits per heavy atom. The van der Waals surface area contributed by atoms with Crippen molar-refractivity contribution < 1.29 is 0 Å². The number of halogens is 1. The van der Waals surface area contributed by atoms with Gasteiger partial charge in [0.05, 0.1) is 17.3 Å². The number of aromatic nitrogens is 2. The minimum Gasteiger partial charge on any atom is -0.294 e. The van der Waals surface area contributed by atoms with Crippen molar-refractivity contribution in [1.82, 2.24) is 14.5 Å². The molecule has 2 heterocycles. The molecule has 4 nitrogen and oxygen atoms in total. The summed E-state index contributed by atoms with van der Waals surface area (Å²) in [6.07, 6.45) is 0.777. The Labute approximate surface area is 225 Å². The zero-order chi connectivity index (χ0) is 25.4. The predicted octanol–water partition coefficient (Wildman–Crippen LogP) is 6.66. The van der Waals surface area contributed by atoms with E-state index in [0.29, 0.717) is 6.54 Å². The molecule has 5 aromatic rings. The van der Waals surface area contributed by atoms with E-state index in [1.165, 1.54) is 16.3 Å². The van der Waals surface area contributed by atoms with Crippen molar-refractivity contribution in [2.24, 2.45) is 0 Å². The summed E-state index contributed by atoms with van der Waals surface area (Å²) in [4.78, 5) is 21.5. The average Bonchev–Trinajstić information content (AvgIpc) is 2.94. The first-order valence-electron chi connectivity index (χ1n) is 12.7. The highest BCUT2D eigenvalue weighted by molar-refractivity contribution is 9.10. The zero-order valence-electron chi connectivity index (χ0n) is 20.8. The van der Waals surface area contributed by atoms with Gasteiger partial charge in [0.1, 0.15) is 5.82 Å². The van der Waals surface area contributed by atoms with Gasteiger partial charge in [-0.15, -0.1) is 0 Å². The topological polar surface area (TPSA) is 38.1 Å². The van der Waals surface area contributed by atoms with Crippen molar-refractivity contribution in [3.05, 3.63) is 146 Å². The fraction of sp³-hybridized carbons (Fsp3) is 0.188. The minimum atomic E-state index is -0.224. The fourth-order valence-corrected chi connectivity index (χ4v) is 6.13. The molecule has 0 bridgehead atoms. The summed E-state index contributed by atoms with van der Waals surface area (Å²) in [5.74, 6) is 0.757. The summed E-state index contributed by atoms with van der Waals surface area (Å²) in [6.45, 7) is 4.21. The van der Waals surface area contributed by atoms with Gasteiger partial charge in [0, 0.05) is 30.5 Å². The number of aryl methyl sites for hydroxylation is 1. The minimum absolute atomic E-state index is 0.0579. The number of hydrogen-bond donors (Lipinski definition) is 0. The van der Waals surface area contributed by atoms with Crippen molar-refractivity contribution in [3.63, 3.8) is 0 Å². The van der Waals surface area contributed by atoms with Crippen LogP contribution in [0, 0.1) is 6.92 Å². The molecular weight excluding hydrogens is 522 g/mol. The molecule has 0 spiro atoms. The van der Waals surface area contributed by atoms with E-state index < -0.39 is 0 Å². The lowest BCUT2D eigenvalue weighted by atomic mass is 9.97. The second kappa shape index (κ2) is 10.1. The van der Waals surface area contributed by atoms with Crippen LogP contribution in [0.1, 0.15) is 39.8 Å². The van der Waals surface area contributed by atoms with E-state index in [1.807, 2.05) is 47.9 Å². The van der Waals surface area contributed by atoms with Crippen LogP contribution in [-0.4, -0.2) is 21.0 Å². The lowest BCUT2D eigenvalue weighted by molar-refractivity contribution is 0.239. The maximum absolute atomic E-state index is 14.1. The van der Waals surface area contributed by atoms with E-state index in [1.54, 1.807) is 0 Å². The van der Waals surface area contributed by atoms with Gasteiger partial charge in [-0.3, -0.25) is 14.3 Å². The van der Waals surface area contributed by atoms with Gasteiger partial charge in [-0.05, 0) is 50.3 Å². The first-order valence-corrected chi connectivity index (χ1v) is 13.5.